The van der Waals surface area contributed by atoms with Crippen LogP contribution in [0.2, 0.25) is 0 Å². The number of carbonyl (C=O) groups is 1. The monoisotopic (exact) mass is 220 g/mol. The van der Waals surface area contributed by atoms with E-state index in [0.29, 0.717) is 30.1 Å². The fourth-order valence-corrected chi connectivity index (χ4v) is 1.37. The number of benzene rings is 1. The Kier molecular flexibility index (Phi) is 3.44. The number of carbonyl (C=O) groups excluding carboxylic acids is 1. The molecule has 16 heavy (non-hydrogen) atoms. The third-order valence-electron chi connectivity index (χ3n) is 2.43. The number of hydrogen-bond acceptors (Lipinski definition) is 3. The molecule has 0 bridgehead atoms. The number of fused-ring (bicyclic) bond motifs is 1. The molecule has 3 heteroatoms. The van der Waals surface area contributed by atoms with Crippen molar-refractivity contribution in [2.45, 2.75) is 25.7 Å². The lowest BCUT2D eigenvalue weighted by atomic mass is 10.1. The maximum absolute atomic E-state index is 11.4. The zero-order chi connectivity index (χ0) is 11.4. The van der Waals surface area contributed by atoms with E-state index in [1.54, 1.807) is 25.3 Å². The number of methoxy groups -OCH3 is 1. The molecule has 0 radical (unpaired) electrons. The molecule has 0 N–H and O–H groups in total. The third kappa shape index (κ3) is 2.75. The third-order valence-corrected chi connectivity index (χ3v) is 2.43. The summed E-state index contributed by atoms with van der Waals surface area (Å²) >= 11 is 0. The molecule has 1 aromatic rings. The van der Waals surface area contributed by atoms with E-state index in [-0.39, 0.29) is 5.78 Å². The minimum Gasteiger partial charge on any atom is -0.497 e. The van der Waals surface area contributed by atoms with Crippen LogP contribution < -0.4 is 9.47 Å². The van der Waals surface area contributed by atoms with Crippen LogP contribution in [0, 0.1) is 0 Å². The van der Waals surface area contributed by atoms with Crippen molar-refractivity contribution in [2.75, 3.05) is 13.7 Å². The summed E-state index contributed by atoms with van der Waals surface area (Å²) < 4.78 is 10.4. The van der Waals surface area contributed by atoms with Gasteiger partial charge in [-0.3, -0.25) is 4.79 Å². The topological polar surface area (TPSA) is 35.5 Å². The Balaban J connectivity index is 0.000000278. The smallest absolute Gasteiger partial charge is 0.169 e. The van der Waals surface area contributed by atoms with Crippen molar-refractivity contribution in [3.8, 4) is 11.5 Å². The van der Waals surface area contributed by atoms with Gasteiger partial charge in [0, 0.05) is 12.5 Å². The lowest BCUT2D eigenvalue weighted by molar-refractivity contribution is 0.0933. The van der Waals surface area contributed by atoms with Gasteiger partial charge in [-0.2, -0.15) is 0 Å². The second-order valence-corrected chi connectivity index (χ2v) is 3.94. The fraction of sp³-hybridized carbons (Fsp3) is 0.462. The van der Waals surface area contributed by atoms with Crippen molar-refractivity contribution >= 4 is 5.78 Å². The average molecular weight is 220 g/mol. The van der Waals surface area contributed by atoms with Crippen molar-refractivity contribution in [1.29, 1.82) is 0 Å². The van der Waals surface area contributed by atoms with Gasteiger partial charge in [-0.25, -0.2) is 0 Å². The lowest BCUT2D eigenvalue weighted by Crippen LogP contribution is -2.14. The first-order chi connectivity index (χ1) is 7.81. The molecule has 0 unspecified atom stereocenters. The van der Waals surface area contributed by atoms with Gasteiger partial charge in [-0.05, 0) is 12.1 Å². The van der Waals surface area contributed by atoms with Crippen LogP contribution in [-0.2, 0) is 0 Å². The molecule has 1 aliphatic heterocycles. The molecule has 3 nitrogen and oxygen atoms in total. The maximum atomic E-state index is 11.4. The van der Waals surface area contributed by atoms with Crippen LogP contribution in [0.1, 0.15) is 36.0 Å². The van der Waals surface area contributed by atoms with Crippen molar-refractivity contribution in [1.82, 2.24) is 0 Å². The normalized spacial score (nSPS) is 16.4. The molecule has 1 saturated carbocycles. The van der Waals surface area contributed by atoms with Gasteiger partial charge in [0.2, 0.25) is 0 Å². The molecular weight excluding hydrogens is 204 g/mol. The van der Waals surface area contributed by atoms with Gasteiger partial charge >= 0.3 is 0 Å². The minimum atomic E-state index is 0.143. The van der Waals surface area contributed by atoms with Gasteiger partial charge < -0.3 is 9.47 Å². The zero-order valence-electron chi connectivity index (χ0n) is 9.49. The van der Waals surface area contributed by atoms with E-state index in [0.717, 1.165) is 0 Å². The molecule has 1 aromatic carbocycles. The molecule has 3 rings (SSSR count). The fourth-order valence-electron chi connectivity index (χ4n) is 1.37. The molecule has 0 spiro atoms. The Morgan fingerprint density at radius 1 is 1.25 bits per heavy atom. The Morgan fingerprint density at radius 3 is 2.62 bits per heavy atom. The highest BCUT2D eigenvalue weighted by molar-refractivity contribution is 5.99. The summed E-state index contributed by atoms with van der Waals surface area (Å²) in [7, 11) is 1.59. The number of rotatable bonds is 1. The number of ether oxygens (including phenoxy) is 2. The molecule has 0 amide bonds. The summed E-state index contributed by atoms with van der Waals surface area (Å²) in [6.07, 6.45) is 4.97. The highest BCUT2D eigenvalue weighted by atomic mass is 16.5. The molecule has 0 atom stereocenters. The van der Waals surface area contributed by atoms with Crippen LogP contribution in [0.4, 0.5) is 0 Å². The number of Topliss-reactive ketones (excluding diaryl/α,β-unsaturated/α-hetero) is 1. The molecule has 2 aliphatic rings. The van der Waals surface area contributed by atoms with Crippen molar-refractivity contribution in [3.63, 3.8) is 0 Å². The minimum absolute atomic E-state index is 0.143. The summed E-state index contributed by atoms with van der Waals surface area (Å²) in [5.41, 5.74) is 0.659. The van der Waals surface area contributed by atoms with Gasteiger partial charge in [0.25, 0.3) is 0 Å². The molecule has 1 fully saturated rings. The Morgan fingerprint density at radius 2 is 2.00 bits per heavy atom. The highest BCUT2D eigenvalue weighted by Gasteiger charge is 2.18. The van der Waals surface area contributed by atoms with Crippen LogP contribution in [0.5, 0.6) is 11.5 Å². The second-order valence-electron chi connectivity index (χ2n) is 3.94. The predicted octanol–water partition coefficient (Wildman–Crippen LogP) is 2.83. The van der Waals surface area contributed by atoms with Crippen molar-refractivity contribution in [2.24, 2.45) is 0 Å². The van der Waals surface area contributed by atoms with E-state index >= 15 is 0 Å². The van der Waals surface area contributed by atoms with E-state index in [1.807, 2.05) is 0 Å². The van der Waals surface area contributed by atoms with Crippen molar-refractivity contribution in [3.05, 3.63) is 23.8 Å². The van der Waals surface area contributed by atoms with Gasteiger partial charge in [0.1, 0.15) is 11.5 Å². The van der Waals surface area contributed by atoms with Gasteiger partial charge in [-0.1, -0.05) is 19.3 Å². The van der Waals surface area contributed by atoms with E-state index in [2.05, 4.69) is 0 Å². The SMILES string of the molecule is C1CC1.COc1ccc2c(c1)OCCC2=O. The summed E-state index contributed by atoms with van der Waals surface area (Å²) in [6, 6.07) is 5.26. The Labute approximate surface area is 95.4 Å². The largest absolute Gasteiger partial charge is 0.497 e. The standard InChI is InChI=1S/C10H10O3.C3H6/c1-12-7-2-3-8-9(11)4-5-13-10(8)6-7;1-2-3-1/h2-3,6H,4-5H2,1H3;1-3H2. The van der Waals surface area contributed by atoms with Gasteiger partial charge in [-0.15, -0.1) is 0 Å². The van der Waals surface area contributed by atoms with E-state index in [4.69, 9.17) is 9.47 Å². The molecule has 1 heterocycles. The van der Waals surface area contributed by atoms with Crippen LogP contribution in [0.3, 0.4) is 0 Å². The van der Waals surface area contributed by atoms with Crippen LogP contribution in [0.15, 0.2) is 18.2 Å². The van der Waals surface area contributed by atoms with Crippen LogP contribution >= 0.6 is 0 Å². The quantitative estimate of drug-likeness (QED) is 0.730. The van der Waals surface area contributed by atoms with Crippen LogP contribution in [0.25, 0.3) is 0 Å². The molecular formula is C13H16O3. The highest BCUT2D eigenvalue weighted by Crippen LogP contribution is 2.28. The van der Waals surface area contributed by atoms with E-state index in [1.165, 1.54) is 19.3 Å². The molecule has 86 valence electrons. The summed E-state index contributed by atoms with van der Waals surface area (Å²) in [5.74, 6) is 1.49. The molecule has 0 aromatic heterocycles. The maximum Gasteiger partial charge on any atom is 0.169 e. The summed E-state index contributed by atoms with van der Waals surface area (Å²) in [5, 5.41) is 0. The Hall–Kier alpha value is -1.51. The van der Waals surface area contributed by atoms with Crippen molar-refractivity contribution < 1.29 is 14.3 Å². The number of hydrogen-bond donors (Lipinski definition) is 0. The van der Waals surface area contributed by atoms with E-state index in [9.17, 15) is 4.79 Å². The lowest BCUT2D eigenvalue weighted by Gasteiger charge is -2.16. The molecule has 1 aliphatic carbocycles. The van der Waals surface area contributed by atoms with Crippen LogP contribution in [-0.4, -0.2) is 19.5 Å². The second kappa shape index (κ2) is 5.01. The Bertz CT molecular complexity index is 380. The average Bonchev–Trinajstić information content (AvgIpc) is 3.16. The first-order valence-corrected chi connectivity index (χ1v) is 5.65. The zero-order valence-corrected chi connectivity index (χ0v) is 9.49. The summed E-state index contributed by atoms with van der Waals surface area (Å²) in [6.45, 7) is 0.471. The molecule has 0 saturated heterocycles. The first kappa shape index (κ1) is 11.0. The van der Waals surface area contributed by atoms with Gasteiger partial charge in [0.05, 0.1) is 19.3 Å². The predicted molar refractivity (Wildman–Crippen MR) is 61.3 cm³/mol. The first-order valence-electron chi connectivity index (χ1n) is 5.65. The summed E-state index contributed by atoms with van der Waals surface area (Å²) in [4.78, 5) is 11.4. The van der Waals surface area contributed by atoms with Gasteiger partial charge in [0.15, 0.2) is 5.78 Å². The van der Waals surface area contributed by atoms with E-state index < -0.39 is 0 Å². The number of ketones is 1.